The maximum absolute atomic E-state index is 11.6. The molecule has 22 heavy (non-hydrogen) atoms. The van der Waals surface area contributed by atoms with Gasteiger partial charge < -0.3 is 4.74 Å². The molecule has 0 aromatic heterocycles. The van der Waals surface area contributed by atoms with E-state index >= 15 is 0 Å². The van der Waals surface area contributed by atoms with Gasteiger partial charge in [-0.1, -0.05) is 38.1 Å². The zero-order chi connectivity index (χ0) is 16.9. The molecule has 0 radical (unpaired) electrons. The van der Waals surface area contributed by atoms with Crippen LogP contribution in [0.5, 0.6) is 0 Å². The monoisotopic (exact) mass is 320 g/mol. The Hall–Kier alpha value is -1.14. The molecule has 0 amide bonds. The summed E-state index contributed by atoms with van der Waals surface area (Å²) in [4.78, 5) is 11.6. The number of hydrogen-bond donors (Lipinski definition) is 0. The summed E-state index contributed by atoms with van der Waals surface area (Å²) in [7, 11) is 0.652. The van der Waals surface area contributed by atoms with Gasteiger partial charge >= 0.3 is 5.97 Å². The van der Waals surface area contributed by atoms with Crippen LogP contribution in [0.4, 0.5) is 0 Å². The molecule has 0 saturated heterocycles. The third-order valence-electron chi connectivity index (χ3n) is 3.80. The number of carbonyl (C=O) groups excluding carboxylic acids is 1. The van der Waals surface area contributed by atoms with Gasteiger partial charge in [0.25, 0.3) is 0 Å². The van der Waals surface area contributed by atoms with Gasteiger partial charge in [-0.2, -0.15) is 0 Å². The molecule has 0 bridgehead atoms. The molecule has 2 nitrogen and oxygen atoms in total. The fraction of sp³-hybridized carbons (Fsp3) is 0.526. The molecule has 3 heteroatoms. The molecule has 0 spiro atoms. The molecule has 1 aromatic carbocycles. The van der Waals surface area contributed by atoms with E-state index in [2.05, 4.69) is 53.3 Å². The first-order valence-corrected chi connectivity index (χ1v) is 9.03. The van der Waals surface area contributed by atoms with Crippen molar-refractivity contribution in [3.8, 4) is 0 Å². The fourth-order valence-electron chi connectivity index (χ4n) is 2.64. The van der Waals surface area contributed by atoms with Crippen molar-refractivity contribution in [3.05, 3.63) is 46.5 Å². The Kier molecular flexibility index (Phi) is 6.81. The number of aryl methyl sites for hydroxylation is 3. The first-order chi connectivity index (χ1) is 10.2. The number of ether oxygens (including phenoxy) is 1. The highest BCUT2D eigenvalue weighted by Gasteiger charge is 2.22. The van der Waals surface area contributed by atoms with Gasteiger partial charge in [0.1, 0.15) is 0 Å². The van der Waals surface area contributed by atoms with E-state index in [1.54, 1.807) is 0 Å². The average Bonchev–Trinajstić information content (AvgIpc) is 2.40. The third-order valence-corrected chi connectivity index (χ3v) is 5.54. The van der Waals surface area contributed by atoms with Crippen molar-refractivity contribution in [2.45, 2.75) is 53.1 Å². The first kappa shape index (κ1) is 18.9. The number of esters is 1. The summed E-state index contributed by atoms with van der Waals surface area (Å²) in [5.74, 6) is -0.256. The molecule has 0 saturated carbocycles. The molecule has 122 valence electrons. The summed E-state index contributed by atoms with van der Waals surface area (Å²) in [6, 6.07) is 4.50. The van der Waals surface area contributed by atoms with E-state index in [0.29, 0.717) is 20.8 Å². The van der Waals surface area contributed by atoms with Crippen LogP contribution in [-0.2, 0) is 16.0 Å². The van der Waals surface area contributed by atoms with Crippen LogP contribution in [0.15, 0.2) is 24.3 Å². The minimum atomic E-state index is -0.256. The zero-order valence-electron chi connectivity index (χ0n) is 14.8. The number of benzene rings is 1. The summed E-state index contributed by atoms with van der Waals surface area (Å²) in [5, 5.41) is 0.153. The molecule has 0 aliphatic carbocycles. The van der Waals surface area contributed by atoms with Crippen LogP contribution >= 0.6 is 8.58 Å². The summed E-state index contributed by atoms with van der Waals surface area (Å²) in [5.41, 5.74) is 6.06. The van der Waals surface area contributed by atoms with Crippen LogP contribution in [0.25, 0.3) is 0 Å². The van der Waals surface area contributed by atoms with E-state index in [1.165, 1.54) is 22.3 Å². The third kappa shape index (κ3) is 5.57. The molecule has 1 rings (SSSR count). The van der Waals surface area contributed by atoms with Crippen molar-refractivity contribution < 1.29 is 9.53 Å². The standard InChI is InChI=1S/C19H29O2P/c1-8-21-18(20)16(5)12-22-19(6,7)11-17-14(3)9-13(2)10-15(17)4/h9-10,22H,5,8,11-12H2,1-4,6-7H3. The second kappa shape index (κ2) is 7.92. The SMILES string of the molecule is C=C(CPC(C)(C)Cc1c(C)cc(C)cc1C)C(=O)OCC. The summed E-state index contributed by atoms with van der Waals surface area (Å²) < 4.78 is 5.00. The van der Waals surface area contributed by atoms with Gasteiger partial charge in [-0.05, 0) is 62.1 Å². The van der Waals surface area contributed by atoms with Crippen molar-refractivity contribution in [2.75, 3.05) is 12.8 Å². The number of carbonyl (C=O) groups is 1. The van der Waals surface area contributed by atoms with Gasteiger partial charge in [0, 0.05) is 5.57 Å². The Morgan fingerprint density at radius 2 is 1.77 bits per heavy atom. The first-order valence-electron chi connectivity index (χ1n) is 7.83. The van der Waals surface area contributed by atoms with Crippen molar-refractivity contribution >= 4 is 14.6 Å². The predicted octanol–water partition coefficient (Wildman–Crippen LogP) is 4.73. The van der Waals surface area contributed by atoms with E-state index in [-0.39, 0.29) is 11.1 Å². The Morgan fingerprint density at radius 3 is 2.27 bits per heavy atom. The lowest BCUT2D eigenvalue weighted by molar-refractivity contribution is -0.138. The van der Waals surface area contributed by atoms with Crippen LogP contribution < -0.4 is 0 Å². The van der Waals surface area contributed by atoms with Gasteiger partial charge in [0.2, 0.25) is 0 Å². The molecule has 0 fully saturated rings. The van der Waals surface area contributed by atoms with Crippen molar-refractivity contribution in [1.29, 1.82) is 0 Å². The summed E-state index contributed by atoms with van der Waals surface area (Å²) >= 11 is 0. The highest BCUT2D eigenvalue weighted by molar-refractivity contribution is 7.40. The number of rotatable bonds is 7. The molecule has 0 aliphatic heterocycles. The molecule has 1 atom stereocenters. The van der Waals surface area contributed by atoms with Crippen molar-refractivity contribution in [1.82, 2.24) is 0 Å². The number of hydrogen-bond acceptors (Lipinski definition) is 2. The van der Waals surface area contributed by atoms with Crippen LogP contribution in [0, 0.1) is 20.8 Å². The average molecular weight is 320 g/mol. The predicted molar refractivity (Wildman–Crippen MR) is 97.4 cm³/mol. The molecular weight excluding hydrogens is 291 g/mol. The molecule has 1 unspecified atom stereocenters. The highest BCUT2D eigenvalue weighted by atomic mass is 31.1. The quantitative estimate of drug-likeness (QED) is 0.412. The molecule has 0 N–H and O–H groups in total. The minimum Gasteiger partial charge on any atom is -0.463 e. The lowest BCUT2D eigenvalue weighted by Crippen LogP contribution is -2.20. The Bertz CT molecular complexity index is 536. The Labute approximate surface area is 137 Å². The smallest absolute Gasteiger partial charge is 0.333 e. The highest BCUT2D eigenvalue weighted by Crippen LogP contribution is 2.37. The van der Waals surface area contributed by atoms with Gasteiger partial charge in [-0.25, -0.2) is 4.79 Å². The minimum absolute atomic E-state index is 0.153. The molecule has 0 heterocycles. The zero-order valence-corrected chi connectivity index (χ0v) is 15.8. The van der Waals surface area contributed by atoms with Crippen LogP contribution in [0.3, 0.4) is 0 Å². The van der Waals surface area contributed by atoms with Gasteiger partial charge in [-0.3, -0.25) is 0 Å². The normalized spacial score (nSPS) is 11.9. The van der Waals surface area contributed by atoms with E-state index in [1.807, 2.05) is 6.92 Å². The van der Waals surface area contributed by atoms with Gasteiger partial charge in [0.15, 0.2) is 0 Å². The fourth-order valence-corrected chi connectivity index (χ4v) is 3.78. The molecule has 1 aromatic rings. The van der Waals surface area contributed by atoms with Crippen molar-refractivity contribution in [3.63, 3.8) is 0 Å². The van der Waals surface area contributed by atoms with E-state index in [9.17, 15) is 4.79 Å². The lowest BCUT2D eigenvalue weighted by atomic mass is 9.92. The van der Waals surface area contributed by atoms with Gasteiger partial charge in [-0.15, -0.1) is 8.58 Å². The van der Waals surface area contributed by atoms with E-state index in [4.69, 9.17) is 4.74 Å². The second-order valence-electron chi connectivity index (χ2n) is 6.62. The van der Waals surface area contributed by atoms with Crippen LogP contribution in [0.1, 0.15) is 43.0 Å². The largest absolute Gasteiger partial charge is 0.463 e. The van der Waals surface area contributed by atoms with Crippen LogP contribution in [0.2, 0.25) is 0 Å². The van der Waals surface area contributed by atoms with Crippen LogP contribution in [-0.4, -0.2) is 23.9 Å². The van der Waals surface area contributed by atoms with E-state index < -0.39 is 0 Å². The van der Waals surface area contributed by atoms with Crippen molar-refractivity contribution in [2.24, 2.45) is 0 Å². The topological polar surface area (TPSA) is 26.3 Å². The maximum Gasteiger partial charge on any atom is 0.333 e. The Morgan fingerprint density at radius 1 is 1.23 bits per heavy atom. The molecule has 0 aliphatic rings. The Balaban J connectivity index is 2.72. The van der Waals surface area contributed by atoms with Gasteiger partial charge in [0.05, 0.1) is 6.61 Å². The lowest BCUT2D eigenvalue weighted by Gasteiger charge is -2.27. The summed E-state index contributed by atoms with van der Waals surface area (Å²) in [6.07, 6.45) is 1.75. The second-order valence-corrected chi connectivity index (χ2v) is 8.68. The van der Waals surface area contributed by atoms with E-state index in [0.717, 1.165) is 12.6 Å². The maximum atomic E-state index is 11.6. The molecular formula is C19H29O2P. The summed E-state index contributed by atoms with van der Waals surface area (Å²) in [6.45, 7) is 17.1.